The van der Waals surface area contributed by atoms with E-state index in [0.29, 0.717) is 36.1 Å². The summed E-state index contributed by atoms with van der Waals surface area (Å²) in [4.78, 5) is 8.16. The zero-order valence-corrected chi connectivity index (χ0v) is 10.5. The standard InChI is InChI=1S/C9H14BrN3O3/c1-15-8-7(10)6-12-9(13-8)11-2-4-16-5-3-14/h6,14H,2-5H2,1H3,(H,11,12,13). The van der Waals surface area contributed by atoms with Gasteiger partial charge in [0.15, 0.2) is 0 Å². The van der Waals surface area contributed by atoms with Gasteiger partial charge in [-0.1, -0.05) is 0 Å². The van der Waals surface area contributed by atoms with Crippen LogP contribution in [0.5, 0.6) is 5.88 Å². The number of aliphatic hydroxyl groups is 1. The van der Waals surface area contributed by atoms with Gasteiger partial charge in [0.2, 0.25) is 11.8 Å². The van der Waals surface area contributed by atoms with Crippen LogP contribution in [-0.4, -0.2) is 48.5 Å². The third-order valence-electron chi connectivity index (χ3n) is 1.67. The monoisotopic (exact) mass is 291 g/mol. The minimum atomic E-state index is 0.0304. The van der Waals surface area contributed by atoms with E-state index in [1.54, 1.807) is 13.3 Å². The summed E-state index contributed by atoms with van der Waals surface area (Å²) >= 11 is 3.26. The molecule has 0 atom stereocenters. The van der Waals surface area contributed by atoms with Crippen molar-refractivity contribution >= 4 is 21.9 Å². The fourth-order valence-electron chi connectivity index (χ4n) is 0.981. The first-order valence-electron chi connectivity index (χ1n) is 4.77. The highest BCUT2D eigenvalue weighted by Crippen LogP contribution is 2.21. The van der Waals surface area contributed by atoms with Crippen molar-refractivity contribution in [1.82, 2.24) is 9.97 Å². The van der Waals surface area contributed by atoms with Crippen molar-refractivity contribution in [1.29, 1.82) is 0 Å². The number of halogens is 1. The summed E-state index contributed by atoms with van der Waals surface area (Å²) in [6, 6.07) is 0. The predicted octanol–water partition coefficient (Wildman–Crippen LogP) is 0.668. The molecule has 7 heteroatoms. The SMILES string of the molecule is COc1nc(NCCOCCO)ncc1Br. The van der Waals surface area contributed by atoms with Crippen LogP contribution in [0.15, 0.2) is 10.7 Å². The van der Waals surface area contributed by atoms with Gasteiger partial charge in [0.25, 0.3) is 0 Å². The van der Waals surface area contributed by atoms with Gasteiger partial charge in [-0.05, 0) is 15.9 Å². The Morgan fingerprint density at radius 3 is 3.00 bits per heavy atom. The number of aromatic nitrogens is 2. The van der Waals surface area contributed by atoms with Crippen molar-refractivity contribution in [2.24, 2.45) is 0 Å². The number of hydrogen-bond donors (Lipinski definition) is 2. The summed E-state index contributed by atoms with van der Waals surface area (Å²) in [5.41, 5.74) is 0. The van der Waals surface area contributed by atoms with Crippen molar-refractivity contribution in [2.45, 2.75) is 0 Å². The van der Waals surface area contributed by atoms with Crippen LogP contribution < -0.4 is 10.1 Å². The summed E-state index contributed by atoms with van der Waals surface area (Å²) in [6.07, 6.45) is 1.61. The molecule has 0 bridgehead atoms. The largest absolute Gasteiger partial charge is 0.480 e. The minimum Gasteiger partial charge on any atom is -0.480 e. The van der Waals surface area contributed by atoms with Gasteiger partial charge in [0.05, 0.1) is 37.6 Å². The molecule has 0 fully saturated rings. The molecule has 90 valence electrons. The van der Waals surface area contributed by atoms with Gasteiger partial charge in [-0.3, -0.25) is 0 Å². The molecule has 16 heavy (non-hydrogen) atoms. The van der Waals surface area contributed by atoms with E-state index in [1.165, 1.54) is 0 Å². The van der Waals surface area contributed by atoms with E-state index in [1.807, 2.05) is 0 Å². The number of hydrogen-bond acceptors (Lipinski definition) is 6. The number of nitrogens with zero attached hydrogens (tertiary/aromatic N) is 2. The zero-order valence-electron chi connectivity index (χ0n) is 8.94. The van der Waals surface area contributed by atoms with E-state index in [4.69, 9.17) is 14.6 Å². The van der Waals surface area contributed by atoms with Crippen LogP contribution in [0.4, 0.5) is 5.95 Å². The van der Waals surface area contributed by atoms with Crippen LogP contribution in [0.3, 0.4) is 0 Å². The summed E-state index contributed by atoms with van der Waals surface area (Å²) in [5, 5.41) is 11.5. The van der Waals surface area contributed by atoms with Crippen LogP contribution in [0.1, 0.15) is 0 Å². The maximum atomic E-state index is 8.49. The number of nitrogens with one attached hydrogen (secondary N) is 1. The molecule has 0 saturated heterocycles. The maximum Gasteiger partial charge on any atom is 0.232 e. The average molecular weight is 292 g/mol. The smallest absolute Gasteiger partial charge is 0.232 e. The first-order valence-corrected chi connectivity index (χ1v) is 5.56. The maximum absolute atomic E-state index is 8.49. The van der Waals surface area contributed by atoms with E-state index in [9.17, 15) is 0 Å². The molecule has 0 spiro atoms. The second-order valence-corrected chi connectivity index (χ2v) is 3.67. The molecule has 1 aromatic rings. The molecule has 1 heterocycles. The highest BCUT2D eigenvalue weighted by molar-refractivity contribution is 9.10. The van der Waals surface area contributed by atoms with Crippen molar-refractivity contribution in [3.63, 3.8) is 0 Å². The number of anilines is 1. The molecule has 0 aliphatic rings. The van der Waals surface area contributed by atoms with E-state index in [-0.39, 0.29) is 6.61 Å². The first-order chi connectivity index (χ1) is 7.77. The number of ether oxygens (including phenoxy) is 2. The van der Waals surface area contributed by atoms with Crippen molar-refractivity contribution in [3.8, 4) is 5.88 Å². The van der Waals surface area contributed by atoms with Crippen LogP contribution in [-0.2, 0) is 4.74 Å². The topological polar surface area (TPSA) is 76.5 Å². The quantitative estimate of drug-likeness (QED) is 0.719. The third kappa shape index (κ3) is 4.30. The summed E-state index contributed by atoms with van der Waals surface area (Å²) in [6.45, 7) is 1.43. The normalized spacial score (nSPS) is 10.2. The second-order valence-electron chi connectivity index (χ2n) is 2.81. The van der Waals surface area contributed by atoms with Gasteiger partial charge >= 0.3 is 0 Å². The Kier molecular flexibility index (Phi) is 6.05. The number of rotatable bonds is 7. The lowest BCUT2D eigenvalue weighted by atomic mass is 10.6. The van der Waals surface area contributed by atoms with E-state index >= 15 is 0 Å². The van der Waals surface area contributed by atoms with Gasteiger partial charge in [0.1, 0.15) is 0 Å². The zero-order chi connectivity index (χ0) is 11.8. The Labute approximate surface area is 102 Å². The molecule has 0 aromatic carbocycles. The summed E-state index contributed by atoms with van der Waals surface area (Å²) in [7, 11) is 1.54. The fraction of sp³-hybridized carbons (Fsp3) is 0.556. The molecule has 0 aliphatic heterocycles. The lowest BCUT2D eigenvalue weighted by molar-refractivity contribution is 0.0991. The van der Waals surface area contributed by atoms with Gasteiger partial charge in [-0.2, -0.15) is 4.98 Å². The minimum absolute atomic E-state index is 0.0304. The van der Waals surface area contributed by atoms with Crippen molar-refractivity contribution in [2.75, 3.05) is 38.8 Å². The van der Waals surface area contributed by atoms with E-state index in [0.717, 1.165) is 0 Å². The molecule has 0 aliphatic carbocycles. The van der Waals surface area contributed by atoms with E-state index < -0.39 is 0 Å². The summed E-state index contributed by atoms with van der Waals surface area (Å²) in [5.74, 6) is 0.960. The van der Waals surface area contributed by atoms with Gasteiger partial charge in [0, 0.05) is 6.54 Å². The van der Waals surface area contributed by atoms with Crippen LogP contribution in [0, 0.1) is 0 Å². The van der Waals surface area contributed by atoms with Crippen LogP contribution >= 0.6 is 15.9 Å². The first kappa shape index (κ1) is 13.1. The molecule has 6 nitrogen and oxygen atoms in total. The van der Waals surface area contributed by atoms with Crippen LogP contribution in [0.25, 0.3) is 0 Å². The number of methoxy groups -OCH3 is 1. The Bertz CT molecular complexity index is 325. The Morgan fingerprint density at radius 1 is 1.50 bits per heavy atom. The molecular weight excluding hydrogens is 278 g/mol. The predicted molar refractivity (Wildman–Crippen MR) is 62.7 cm³/mol. The summed E-state index contributed by atoms with van der Waals surface area (Å²) < 4.78 is 10.8. The fourth-order valence-corrected chi connectivity index (χ4v) is 1.33. The van der Waals surface area contributed by atoms with Crippen molar-refractivity contribution in [3.05, 3.63) is 10.7 Å². The molecule has 2 N–H and O–H groups in total. The molecule has 0 unspecified atom stereocenters. The highest BCUT2D eigenvalue weighted by atomic mass is 79.9. The molecule has 1 aromatic heterocycles. The van der Waals surface area contributed by atoms with Gasteiger partial charge in [-0.25, -0.2) is 4.98 Å². The molecule has 1 rings (SSSR count). The Balaban J connectivity index is 2.36. The molecule has 0 saturated carbocycles. The number of aliphatic hydroxyl groups excluding tert-OH is 1. The van der Waals surface area contributed by atoms with Crippen LogP contribution in [0.2, 0.25) is 0 Å². The third-order valence-corrected chi connectivity index (χ3v) is 2.21. The Hall–Kier alpha value is -0.920. The molecule has 0 amide bonds. The van der Waals surface area contributed by atoms with Crippen molar-refractivity contribution < 1.29 is 14.6 Å². The Morgan fingerprint density at radius 2 is 2.31 bits per heavy atom. The highest BCUT2D eigenvalue weighted by Gasteiger charge is 2.03. The second kappa shape index (κ2) is 7.37. The molecule has 0 radical (unpaired) electrons. The van der Waals surface area contributed by atoms with Gasteiger partial charge < -0.3 is 19.9 Å². The molecular formula is C9H14BrN3O3. The van der Waals surface area contributed by atoms with E-state index in [2.05, 4.69) is 31.2 Å². The lowest BCUT2D eigenvalue weighted by Crippen LogP contribution is -2.13. The lowest BCUT2D eigenvalue weighted by Gasteiger charge is -2.07. The van der Waals surface area contributed by atoms with Gasteiger partial charge in [-0.15, -0.1) is 0 Å². The average Bonchev–Trinajstić information content (AvgIpc) is 2.31.